The van der Waals surface area contributed by atoms with Crippen molar-refractivity contribution in [3.8, 4) is 5.75 Å². The van der Waals surface area contributed by atoms with Gasteiger partial charge in [0.25, 0.3) is 0 Å². The van der Waals surface area contributed by atoms with Crippen molar-refractivity contribution in [2.24, 2.45) is 5.73 Å². The first-order valence-electron chi connectivity index (χ1n) is 5.60. The molecule has 3 nitrogen and oxygen atoms in total. The lowest BCUT2D eigenvalue weighted by atomic mass is 10.0. The number of ether oxygens (including phenoxy) is 2. The summed E-state index contributed by atoms with van der Waals surface area (Å²) in [6.45, 7) is 2.05. The van der Waals surface area contributed by atoms with Crippen molar-refractivity contribution in [3.63, 3.8) is 0 Å². The van der Waals surface area contributed by atoms with Crippen LogP contribution < -0.4 is 10.5 Å². The lowest BCUT2D eigenvalue weighted by Gasteiger charge is -2.17. The summed E-state index contributed by atoms with van der Waals surface area (Å²) in [6, 6.07) is 7.90. The van der Waals surface area contributed by atoms with Crippen molar-refractivity contribution in [2.45, 2.75) is 31.9 Å². The van der Waals surface area contributed by atoms with Gasteiger partial charge in [-0.1, -0.05) is 18.2 Å². The SMILES string of the molecule is COc1ccccc1C(N)CCC(C)OC. The molecule has 0 spiro atoms. The molecule has 0 radical (unpaired) electrons. The van der Waals surface area contributed by atoms with Gasteiger partial charge in [-0.15, -0.1) is 0 Å². The maximum Gasteiger partial charge on any atom is 0.123 e. The topological polar surface area (TPSA) is 44.5 Å². The van der Waals surface area contributed by atoms with Crippen molar-refractivity contribution in [2.75, 3.05) is 14.2 Å². The zero-order valence-electron chi connectivity index (χ0n) is 10.3. The summed E-state index contributed by atoms with van der Waals surface area (Å²) in [5.41, 5.74) is 7.20. The average Bonchev–Trinajstić information content (AvgIpc) is 2.35. The van der Waals surface area contributed by atoms with E-state index in [0.717, 1.165) is 24.2 Å². The van der Waals surface area contributed by atoms with Crippen LogP contribution in [-0.2, 0) is 4.74 Å². The first-order chi connectivity index (χ1) is 7.69. The molecule has 1 aromatic rings. The minimum absolute atomic E-state index is 0.00810. The highest BCUT2D eigenvalue weighted by atomic mass is 16.5. The fourth-order valence-corrected chi connectivity index (χ4v) is 1.66. The second kappa shape index (κ2) is 6.51. The van der Waals surface area contributed by atoms with Gasteiger partial charge in [-0.2, -0.15) is 0 Å². The standard InChI is InChI=1S/C13H21NO2/c1-10(15-2)8-9-12(14)11-6-4-5-7-13(11)16-3/h4-7,10,12H,8-9,14H2,1-3H3. The molecule has 1 rings (SSSR count). The Bertz CT molecular complexity index is 315. The molecule has 16 heavy (non-hydrogen) atoms. The molecule has 90 valence electrons. The Morgan fingerprint density at radius 3 is 2.50 bits per heavy atom. The van der Waals surface area contributed by atoms with Gasteiger partial charge in [0.2, 0.25) is 0 Å². The number of nitrogens with two attached hydrogens (primary N) is 1. The Morgan fingerprint density at radius 1 is 1.19 bits per heavy atom. The Kier molecular flexibility index (Phi) is 5.29. The minimum Gasteiger partial charge on any atom is -0.496 e. The highest BCUT2D eigenvalue weighted by molar-refractivity contribution is 5.35. The minimum atomic E-state index is 0.00810. The van der Waals surface area contributed by atoms with Gasteiger partial charge in [0.05, 0.1) is 13.2 Å². The number of benzene rings is 1. The summed E-state index contributed by atoms with van der Waals surface area (Å²) in [5.74, 6) is 0.861. The van der Waals surface area contributed by atoms with Gasteiger partial charge in [-0.3, -0.25) is 0 Å². The van der Waals surface area contributed by atoms with E-state index in [4.69, 9.17) is 15.2 Å². The van der Waals surface area contributed by atoms with E-state index in [2.05, 4.69) is 6.92 Å². The van der Waals surface area contributed by atoms with E-state index < -0.39 is 0 Å². The molecule has 3 heteroatoms. The monoisotopic (exact) mass is 223 g/mol. The second-order valence-corrected chi connectivity index (χ2v) is 3.97. The zero-order chi connectivity index (χ0) is 12.0. The van der Waals surface area contributed by atoms with Gasteiger partial charge < -0.3 is 15.2 Å². The van der Waals surface area contributed by atoms with Crippen LogP contribution in [0.5, 0.6) is 5.75 Å². The number of methoxy groups -OCH3 is 2. The molecule has 1 aromatic carbocycles. The molecule has 0 heterocycles. The third-order valence-electron chi connectivity index (χ3n) is 2.82. The van der Waals surface area contributed by atoms with Crippen LogP contribution in [0.25, 0.3) is 0 Å². The number of rotatable bonds is 6. The van der Waals surface area contributed by atoms with E-state index in [0.29, 0.717) is 0 Å². The molecule has 2 N–H and O–H groups in total. The third-order valence-corrected chi connectivity index (χ3v) is 2.82. The van der Waals surface area contributed by atoms with Gasteiger partial charge >= 0.3 is 0 Å². The van der Waals surface area contributed by atoms with E-state index in [-0.39, 0.29) is 12.1 Å². The maximum absolute atomic E-state index is 6.14. The third kappa shape index (κ3) is 3.51. The summed E-state index contributed by atoms with van der Waals surface area (Å²) in [7, 11) is 3.39. The van der Waals surface area contributed by atoms with Crippen molar-refractivity contribution in [1.29, 1.82) is 0 Å². The molecular weight excluding hydrogens is 202 g/mol. The fraction of sp³-hybridized carbons (Fsp3) is 0.538. The smallest absolute Gasteiger partial charge is 0.123 e. The van der Waals surface area contributed by atoms with E-state index in [1.165, 1.54) is 0 Å². The Morgan fingerprint density at radius 2 is 1.88 bits per heavy atom. The quantitative estimate of drug-likeness (QED) is 0.806. The highest BCUT2D eigenvalue weighted by Crippen LogP contribution is 2.26. The highest BCUT2D eigenvalue weighted by Gasteiger charge is 2.12. The lowest BCUT2D eigenvalue weighted by Crippen LogP contribution is -2.15. The number of para-hydroxylation sites is 1. The maximum atomic E-state index is 6.14. The van der Waals surface area contributed by atoms with E-state index in [1.54, 1.807) is 14.2 Å². The fourth-order valence-electron chi connectivity index (χ4n) is 1.66. The van der Waals surface area contributed by atoms with Gasteiger partial charge in [-0.25, -0.2) is 0 Å². The van der Waals surface area contributed by atoms with Crippen LogP contribution in [0.2, 0.25) is 0 Å². The molecule has 0 aromatic heterocycles. The van der Waals surface area contributed by atoms with Crippen LogP contribution in [0.1, 0.15) is 31.4 Å². The van der Waals surface area contributed by atoms with Crippen molar-refractivity contribution in [1.82, 2.24) is 0 Å². The Hall–Kier alpha value is -1.06. The van der Waals surface area contributed by atoms with Crippen molar-refractivity contribution in [3.05, 3.63) is 29.8 Å². The number of hydrogen-bond acceptors (Lipinski definition) is 3. The molecule has 2 atom stereocenters. The summed E-state index contributed by atoms with van der Waals surface area (Å²) in [4.78, 5) is 0. The van der Waals surface area contributed by atoms with Crippen LogP contribution in [-0.4, -0.2) is 20.3 Å². The van der Waals surface area contributed by atoms with E-state index >= 15 is 0 Å². The van der Waals surface area contributed by atoms with Crippen LogP contribution in [0.4, 0.5) is 0 Å². The Balaban J connectivity index is 2.61. The Labute approximate surface area is 97.6 Å². The summed E-state index contributed by atoms with van der Waals surface area (Å²) < 4.78 is 10.5. The predicted molar refractivity (Wildman–Crippen MR) is 65.6 cm³/mol. The van der Waals surface area contributed by atoms with Gasteiger partial charge in [0, 0.05) is 18.7 Å². The van der Waals surface area contributed by atoms with Gasteiger partial charge in [-0.05, 0) is 25.8 Å². The van der Waals surface area contributed by atoms with Crippen molar-refractivity contribution < 1.29 is 9.47 Å². The van der Waals surface area contributed by atoms with Crippen LogP contribution in [0.3, 0.4) is 0 Å². The molecule has 0 aliphatic carbocycles. The molecule has 0 bridgehead atoms. The summed E-state index contributed by atoms with van der Waals surface area (Å²) >= 11 is 0. The van der Waals surface area contributed by atoms with E-state index in [1.807, 2.05) is 24.3 Å². The van der Waals surface area contributed by atoms with Gasteiger partial charge in [0.15, 0.2) is 0 Å². The molecular formula is C13H21NO2. The molecule has 0 saturated carbocycles. The molecule has 0 aliphatic rings. The molecule has 0 fully saturated rings. The molecule has 2 unspecified atom stereocenters. The van der Waals surface area contributed by atoms with Crippen LogP contribution in [0.15, 0.2) is 24.3 Å². The largest absolute Gasteiger partial charge is 0.496 e. The normalized spacial score (nSPS) is 14.5. The molecule has 0 amide bonds. The summed E-state index contributed by atoms with van der Waals surface area (Å²) in [6.07, 6.45) is 2.10. The number of hydrogen-bond donors (Lipinski definition) is 1. The van der Waals surface area contributed by atoms with Crippen LogP contribution in [0, 0.1) is 0 Å². The summed E-state index contributed by atoms with van der Waals surface area (Å²) in [5, 5.41) is 0. The predicted octanol–water partition coefficient (Wildman–Crippen LogP) is 2.51. The molecule has 0 aliphatic heterocycles. The first kappa shape index (κ1) is 13.0. The lowest BCUT2D eigenvalue weighted by molar-refractivity contribution is 0.107. The van der Waals surface area contributed by atoms with Crippen LogP contribution >= 0.6 is 0 Å². The van der Waals surface area contributed by atoms with E-state index in [9.17, 15) is 0 Å². The van der Waals surface area contributed by atoms with Gasteiger partial charge in [0.1, 0.15) is 5.75 Å². The second-order valence-electron chi connectivity index (χ2n) is 3.97. The average molecular weight is 223 g/mol. The van der Waals surface area contributed by atoms with Crippen molar-refractivity contribution >= 4 is 0 Å². The zero-order valence-corrected chi connectivity index (χ0v) is 10.3. The molecule has 0 saturated heterocycles. The first-order valence-corrected chi connectivity index (χ1v) is 5.60.